The van der Waals surface area contributed by atoms with E-state index in [1.807, 2.05) is 24.6 Å². The standard InChI is InChI=1S/C11H11Br2N3S/c1-3-7-4-8(12)10(9(13)5-7)16-11(17-2)15-6-14/h4-5H,3H2,1-2H3,(H,15,16). The molecule has 0 spiro atoms. The minimum atomic E-state index is 0.568. The van der Waals surface area contributed by atoms with Crippen LogP contribution in [0.4, 0.5) is 5.69 Å². The summed E-state index contributed by atoms with van der Waals surface area (Å²) < 4.78 is 1.82. The van der Waals surface area contributed by atoms with E-state index >= 15 is 0 Å². The van der Waals surface area contributed by atoms with Crippen molar-refractivity contribution < 1.29 is 0 Å². The molecule has 0 aliphatic carbocycles. The second-order valence-corrected chi connectivity index (χ2v) is 5.62. The normalized spacial score (nSPS) is 11.1. The minimum absolute atomic E-state index is 0.568. The zero-order chi connectivity index (χ0) is 12.8. The fraction of sp³-hybridized carbons (Fsp3) is 0.273. The van der Waals surface area contributed by atoms with Crippen LogP contribution in [-0.4, -0.2) is 11.4 Å². The van der Waals surface area contributed by atoms with Crippen molar-refractivity contribution in [3.8, 4) is 6.19 Å². The molecular formula is C11H11Br2N3S. The summed E-state index contributed by atoms with van der Waals surface area (Å²) in [6.45, 7) is 2.10. The third kappa shape index (κ3) is 4.02. The van der Waals surface area contributed by atoms with Gasteiger partial charge in [0.15, 0.2) is 11.4 Å². The number of amidine groups is 1. The van der Waals surface area contributed by atoms with Gasteiger partial charge in [-0.3, -0.25) is 5.32 Å². The topological polar surface area (TPSA) is 48.2 Å². The number of nitrogens with zero attached hydrogens (tertiary/aromatic N) is 2. The lowest BCUT2D eigenvalue weighted by atomic mass is 10.1. The first-order chi connectivity index (χ1) is 8.12. The molecule has 0 atom stereocenters. The van der Waals surface area contributed by atoms with Gasteiger partial charge in [0.2, 0.25) is 0 Å². The van der Waals surface area contributed by atoms with Gasteiger partial charge in [-0.2, -0.15) is 5.26 Å². The Kier molecular flexibility index (Phi) is 6.03. The van der Waals surface area contributed by atoms with Crippen molar-refractivity contribution in [3.63, 3.8) is 0 Å². The summed E-state index contributed by atoms with van der Waals surface area (Å²) in [7, 11) is 0. The lowest BCUT2D eigenvalue weighted by Crippen LogP contribution is -2.12. The van der Waals surface area contributed by atoms with Gasteiger partial charge in [0.05, 0.1) is 5.69 Å². The van der Waals surface area contributed by atoms with Crippen LogP contribution in [-0.2, 0) is 6.42 Å². The lowest BCUT2D eigenvalue weighted by Gasteiger charge is -2.07. The Bertz CT molecular complexity index is 457. The summed E-state index contributed by atoms with van der Waals surface area (Å²) in [4.78, 5) is 4.39. The Morgan fingerprint density at radius 3 is 2.47 bits per heavy atom. The van der Waals surface area contributed by atoms with Crippen molar-refractivity contribution in [3.05, 3.63) is 26.6 Å². The predicted octanol–water partition coefficient (Wildman–Crippen LogP) is 4.20. The van der Waals surface area contributed by atoms with Gasteiger partial charge in [-0.05, 0) is 62.2 Å². The van der Waals surface area contributed by atoms with E-state index in [9.17, 15) is 0 Å². The van der Waals surface area contributed by atoms with Crippen LogP contribution in [0, 0.1) is 11.5 Å². The van der Waals surface area contributed by atoms with Crippen LogP contribution in [0.15, 0.2) is 26.1 Å². The molecule has 0 saturated carbocycles. The van der Waals surface area contributed by atoms with Crippen molar-refractivity contribution in [2.45, 2.75) is 13.3 Å². The largest absolute Gasteiger partial charge is 0.271 e. The summed E-state index contributed by atoms with van der Waals surface area (Å²) in [6.07, 6.45) is 4.70. The molecule has 3 nitrogen and oxygen atoms in total. The van der Waals surface area contributed by atoms with E-state index in [1.165, 1.54) is 17.3 Å². The van der Waals surface area contributed by atoms with Crippen molar-refractivity contribution in [1.29, 1.82) is 5.26 Å². The summed E-state index contributed by atoms with van der Waals surface area (Å²) in [6, 6.07) is 4.07. The Balaban J connectivity index is 3.19. The van der Waals surface area contributed by atoms with Crippen LogP contribution in [0.1, 0.15) is 12.5 Å². The summed E-state index contributed by atoms with van der Waals surface area (Å²) in [5, 5.41) is 11.7. The summed E-state index contributed by atoms with van der Waals surface area (Å²) >= 11 is 8.37. The Morgan fingerprint density at radius 2 is 2.06 bits per heavy atom. The molecule has 0 aliphatic rings. The number of hydrogen-bond acceptors (Lipinski definition) is 3. The molecule has 90 valence electrons. The second kappa shape index (κ2) is 7.04. The van der Waals surface area contributed by atoms with E-state index < -0.39 is 0 Å². The van der Waals surface area contributed by atoms with Crippen LogP contribution < -0.4 is 5.32 Å². The molecule has 0 saturated heterocycles. The van der Waals surface area contributed by atoms with Gasteiger partial charge in [-0.1, -0.05) is 18.7 Å². The lowest BCUT2D eigenvalue weighted by molar-refractivity contribution is 1.13. The maximum atomic E-state index is 8.59. The third-order valence-electron chi connectivity index (χ3n) is 2.05. The number of halogens is 2. The maximum Gasteiger partial charge on any atom is 0.183 e. The van der Waals surface area contributed by atoms with E-state index in [-0.39, 0.29) is 0 Å². The third-order valence-corrected chi connectivity index (χ3v) is 3.84. The first-order valence-electron chi connectivity index (χ1n) is 4.88. The highest BCUT2D eigenvalue weighted by Gasteiger charge is 2.07. The zero-order valence-electron chi connectivity index (χ0n) is 9.42. The molecule has 1 aromatic carbocycles. The van der Waals surface area contributed by atoms with Gasteiger partial charge < -0.3 is 0 Å². The number of benzene rings is 1. The average Bonchev–Trinajstić information content (AvgIpc) is 2.31. The van der Waals surface area contributed by atoms with E-state index in [0.29, 0.717) is 5.17 Å². The van der Waals surface area contributed by atoms with Gasteiger partial charge >= 0.3 is 0 Å². The van der Waals surface area contributed by atoms with Crippen LogP contribution in [0.3, 0.4) is 0 Å². The van der Waals surface area contributed by atoms with Gasteiger partial charge in [0, 0.05) is 8.95 Å². The molecule has 1 aromatic rings. The highest BCUT2D eigenvalue weighted by Crippen LogP contribution is 2.35. The second-order valence-electron chi connectivity index (χ2n) is 3.12. The monoisotopic (exact) mass is 375 g/mol. The van der Waals surface area contributed by atoms with Gasteiger partial charge in [-0.25, -0.2) is 4.99 Å². The number of rotatable bonds is 2. The summed E-state index contributed by atoms with van der Waals surface area (Å²) in [5.74, 6) is 0. The quantitative estimate of drug-likeness (QED) is 0.364. The number of thioether (sulfide) groups is 1. The Morgan fingerprint density at radius 1 is 1.47 bits per heavy atom. The minimum Gasteiger partial charge on any atom is -0.271 e. The molecular weight excluding hydrogens is 366 g/mol. The fourth-order valence-electron chi connectivity index (χ4n) is 1.20. The maximum absolute atomic E-state index is 8.59. The Labute approximate surface area is 122 Å². The number of nitrogens with one attached hydrogen (secondary N) is 1. The first-order valence-corrected chi connectivity index (χ1v) is 7.69. The molecule has 1 rings (SSSR count). The molecule has 0 bridgehead atoms. The molecule has 0 aliphatic heterocycles. The molecule has 0 aromatic heterocycles. The molecule has 0 fully saturated rings. The number of aryl methyl sites for hydroxylation is 1. The van der Waals surface area contributed by atoms with Crippen molar-refractivity contribution in [2.24, 2.45) is 4.99 Å². The van der Waals surface area contributed by atoms with E-state index in [0.717, 1.165) is 21.1 Å². The number of aliphatic imine (C=N–C) groups is 1. The number of hydrogen-bond donors (Lipinski definition) is 1. The molecule has 1 N–H and O–H groups in total. The SMILES string of the molecule is CCc1cc(Br)c(N=C(NC#N)SC)c(Br)c1. The van der Waals surface area contributed by atoms with Crippen molar-refractivity contribution >= 4 is 54.5 Å². The number of nitriles is 1. The molecule has 0 amide bonds. The zero-order valence-corrected chi connectivity index (χ0v) is 13.4. The van der Waals surface area contributed by atoms with Crippen LogP contribution in [0.5, 0.6) is 0 Å². The highest BCUT2D eigenvalue weighted by molar-refractivity contribution is 9.11. The van der Waals surface area contributed by atoms with E-state index in [2.05, 4.69) is 49.1 Å². The summed E-state index contributed by atoms with van der Waals surface area (Å²) in [5.41, 5.74) is 2.01. The van der Waals surface area contributed by atoms with E-state index in [1.54, 1.807) is 0 Å². The van der Waals surface area contributed by atoms with Crippen LogP contribution in [0.25, 0.3) is 0 Å². The molecule has 6 heteroatoms. The van der Waals surface area contributed by atoms with Crippen molar-refractivity contribution in [1.82, 2.24) is 5.32 Å². The molecule has 0 radical (unpaired) electrons. The first kappa shape index (κ1) is 14.6. The van der Waals surface area contributed by atoms with Gasteiger partial charge in [0.25, 0.3) is 0 Å². The molecule has 0 heterocycles. The van der Waals surface area contributed by atoms with E-state index in [4.69, 9.17) is 5.26 Å². The van der Waals surface area contributed by atoms with Gasteiger partial charge in [0.1, 0.15) is 0 Å². The van der Waals surface area contributed by atoms with Crippen LogP contribution >= 0.6 is 43.6 Å². The molecule has 0 unspecified atom stereocenters. The smallest absolute Gasteiger partial charge is 0.183 e. The predicted molar refractivity (Wildman–Crippen MR) is 80.6 cm³/mol. The van der Waals surface area contributed by atoms with Crippen LogP contribution in [0.2, 0.25) is 0 Å². The fourth-order valence-corrected chi connectivity index (χ4v) is 2.99. The molecule has 17 heavy (non-hydrogen) atoms. The highest BCUT2D eigenvalue weighted by atomic mass is 79.9. The van der Waals surface area contributed by atoms with Crippen molar-refractivity contribution in [2.75, 3.05) is 6.26 Å². The van der Waals surface area contributed by atoms with Gasteiger partial charge in [-0.15, -0.1) is 0 Å². The Hall–Kier alpha value is -0.510. The average molecular weight is 377 g/mol.